The van der Waals surface area contributed by atoms with E-state index in [1.807, 2.05) is 32.9 Å². The highest BCUT2D eigenvalue weighted by atomic mass is 16.6. The Kier molecular flexibility index (Phi) is 5.51. The Morgan fingerprint density at radius 3 is 2.45 bits per heavy atom. The minimum Gasteiger partial charge on any atom is -0.468 e. The van der Waals surface area contributed by atoms with Crippen molar-refractivity contribution in [1.82, 2.24) is 10.6 Å². The molecule has 0 unspecified atom stereocenters. The third kappa shape index (κ3) is 5.37. The molecular formula is C17H28N2O3. The summed E-state index contributed by atoms with van der Waals surface area (Å²) in [5, 5.41) is 6.56. The molecule has 5 nitrogen and oxygen atoms in total. The van der Waals surface area contributed by atoms with E-state index in [1.165, 1.54) is 0 Å². The van der Waals surface area contributed by atoms with Crippen molar-refractivity contribution in [3.8, 4) is 0 Å². The van der Waals surface area contributed by atoms with Gasteiger partial charge in [-0.25, -0.2) is 4.79 Å². The molecule has 0 aromatic carbocycles. The lowest BCUT2D eigenvalue weighted by Gasteiger charge is -2.31. The topological polar surface area (TPSA) is 63.5 Å². The van der Waals surface area contributed by atoms with Crippen LogP contribution in [-0.2, 0) is 4.74 Å². The second-order valence-electron chi connectivity index (χ2n) is 7.10. The quantitative estimate of drug-likeness (QED) is 0.889. The lowest BCUT2D eigenvalue weighted by Crippen LogP contribution is -2.44. The van der Waals surface area contributed by atoms with Crippen LogP contribution in [0.5, 0.6) is 0 Å². The fraction of sp³-hybridized carbons (Fsp3) is 0.706. The van der Waals surface area contributed by atoms with Gasteiger partial charge in [-0.3, -0.25) is 0 Å². The molecule has 1 saturated carbocycles. The first-order valence-corrected chi connectivity index (χ1v) is 8.12. The zero-order valence-corrected chi connectivity index (χ0v) is 14.0. The summed E-state index contributed by atoms with van der Waals surface area (Å²) in [6, 6.07) is 4.81. The van der Waals surface area contributed by atoms with Gasteiger partial charge in [0.25, 0.3) is 0 Å². The molecule has 1 atom stereocenters. The lowest BCUT2D eigenvalue weighted by molar-refractivity contribution is 0.0489. The smallest absolute Gasteiger partial charge is 0.407 e. The van der Waals surface area contributed by atoms with Crippen LogP contribution in [0.25, 0.3) is 0 Å². The Morgan fingerprint density at radius 2 is 1.91 bits per heavy atom. The van der Waals surface area contributed by atoms with Gasteiger partial charge in [-0.2, -0.15) is 0 Å². The molecule has 5 heteroatoms. The number of hydrogen-bond donors (Lipinski definition) is 2. The molecule has 2 rings (SSSR count). The maximum Gasteiger partial charge on any atom is 0.407 e. The molecular weight excluding hydrogens is 280 g/mol. The van der Waals surface area contributed by atoms with Gasteiger partial charge in [-0.1, -0.05) is 0 Å². The van der Waals surface area contributed by atoms with E-state index in [0.29, 0.717) is 6.04 Å². The first kappa shape index (κ1) is 16.9. The van der Waals surface area contributed by atoms with E-state index < -0.39 is 5.60 Å². The maximum atomic E-state index is 11.8. The second-order valence-corrected chi connectivity index (χ2v) is 7.10. The van der Waals surface area contributed by atoms with Gasteiger partial charge >= 0.3 is 6.09 Å². The number of carbonyl (C=O) groups excluding carboxylic acids is 1. The van der Waals surface area contributed by atoms with E-state index in [0.717, 1.165) is 31.4 Å². The van der Waals surface area contributed by atoms with Gasteiger partial charge in [-0.05, 0) is 65.5 Å². The molecule has 0 spiro atoms. The molecule has 1 heterocycles. The van der Waals surface area contributed by atoms with Crippen molar-refractivity contribution in [2.75, 3.05) is 0 Å². The van der Waals surface area contributed by atoms with Crippen LogP contribution >= 0.6 is 0 Å². The molecule has 1 aliphatic rings. The average Bonchev–Trinajstić information content (AvgIpc) is 2.92. The number of alkyl carbamates (subject to hydrolysis) is 1. The molecule has 0 saturated heterocycles. The summed E-state index contributed by atoms with van der Waals surface area (Å²) in [4.78, 5) is 11.8. The summed E-state index contributed by atoms with van der Waals surface area (Å²) >= 11 is 0. The number of amides is 1. The molecule has 2 N–H and O–H groups in total. The summed E-state index contributed by atoms with van der Waals surface area (Å²) in [7, 11) is 0. The van der Waals surface area contributed by atoms with E-state index in [1.54, 1.807) is 6.26 Å². The Bertz CT molecular complexity index is 457. The Labute approximate surface area is 132 Å². The van der Waals surface area contributed by atoms with Crippen LogP contribution in [0, 0.1) is 0 Å². The van der Waals surface area contributed by atoms with E-state index in [9.17, 15) is 4.79 Å². The Hall–Kier alpha value is -1.49. The van der Waals surface area contributed by atoms with E-state index in [4.69, 9.17) is 9.15 Å². The lowest BCUT2D eigenvalue weighted by atomic mass is 9.90. The fourth-order valence-electron chi connectivity index (χ4n) is 2.85. The van der Waals surface area contributed by atoms with Crippen LogP contribution in [-0.4, -0.2) is 23.8 Å². The van der Waals surface area contributed by atoms with Crippen molar-refractivity contribution < 1.29 is 13.9 Å². The van der Waals surface area contributed by atoms with Crippen LogP contribution in [0.15, 0.2) is 22.8 Å². The van der Waals surface area contributed by atoms with Gasteiger partial charge in [0.05, 0.1) is 12.3 Å². The van der Waals surface area contributed by atoms with Crippen LogP contribution in [0.2, 0.25) is 0 Å². The molecule has 1 aromatic heterocycles. The van der Waals surface area contributed by atoms with E-state index in [-0.39, 0.29) is 18.2 Å². The molecule has 1 fully saturated rings. The first-order valence-electron chi connectivity index (χ1n) is 8.12. The molecule has 1 amide bonds. The fourth-order valence-corrected chi connectivity index (χ4v) is 2.85. The normalized spacial score (nSPS) is 23.8. The zero-order valence-electron chi connectivity index (χ0n) is 14.0. The zero-order chi connectivity index (χ0) is 16.2. The molecule has 0 aliphatic heterocycles. The van der Waals surface area contributed by atoms with E-state index >= 15 is 0 Å². The highest BCUT2D eigenvalue weighted by molar-refractivity contribution is 5.68. The van der Waals surface area contributed by atoms with Crippen LogP contribution in [0.1, 0.15) is 65.2 Å². The van der Waals surface area contributed by atoms with Gasteiger partial charge in [0, 0.05) is 12.1 Å². The van der Waals surface area contributed by atoms with Crippen LogP contribution in [0.3, 0.4) is 0 Å². The van der Waals surface area contributed by atoms with Crippen molar-refractivity contribution in [2.24, 2.45) is 0 Å². The average molecular weight is 308 g/mol. The first-order chi connectivity index (χ1) is 10.3. The Balaban J connectivity index is 1.70. The van der Waals surface area contributed by atoms with Crippen molar-refractivity contribution in [1.29, 1.82) is 0 Å². The standard InChI is InChI=1S/C17H28N2O3/c1-12(15-6-5-11-21-15)18-13-7-9-14(10-8-13)19-16(20)22-17(2,3)4/h5-6,11-14,18H,7-10H2,1-4H3,(H,19,20)/t12-,13?,14?/m0/s1. The number of hydrogen-bond acceptors (Lipinski definition) is 4. The third-order valence-corrected chi connectivity index (χ3v) is 3.90. The molecule has 0 bridgehead atoms. The summed E-state index contributed by atoms with van der Waals surface area (Å²) in [5.41, 5.74) is -0.443. The number of ether oxygens (including phenoxy) is 1. The van der Waals surface area contributed by atoms with Crippen LogP contribution < -0.4 is 10.6 Å². The molecule has 22 heavy (non-hydrogen) atoms. The minimum absolute atomic E-state index is 0.215. The summed E-state index contributed by atoms with van der Waals surface area (Å²) in [5.74, 6) is 0.967. The van der Waals surface area contributed by atoms with Crippen molar-refractivity contribution in [3.05, 3.63) is 24.2 Å². The van der Waals surface area contributed by atoms with Gasteiger partial charge in [0.15, 0.2) is 0 Å². The van der Waals surface area contributed by atoms with Gasteiger partial charge in [-0.15, -0.1) is 0 Å². The molecule has 0 radical (unpaired) electrons. The largest absolute Gasteiger partial charge is 0.468 e. The van der Waals surface area contributed by atoms with Crippen molar-refractivity contribution >= 4 is 6.09 Å². The van der Waals surface area contributed by atoms with Crippen LogP contribution in [0.4, 0.5) is 4.79 Å². The van der Waals surface area contributed by atoms with Crippen molar-refractivity contribution in [2.45, 2.75) is 77.1 Å². The van der Waals surface area contributed by atoms with Crippen molar-refractivity contribution in [3.63, 3.8) is 0 Å². The molecule has 1 aromatic rings. The number of nitrogens with one attached hydrogen (secondary N) is 2. The predicted octanol–water partition coefficient (Wildman–Crippen LogP) is 3.77. The second kappa shape index (κ2) is 7.18. The maximum absolute atomic E-state index is 11.8. The SMILES string of the molecule is C[C@H](NC1CCC(NC(=O)OC(C)(C)C)CC1)c1ccco1. The highest BCUT2D eigenvalue weighted by Gasteiger charge is 2.25. The van der Waals surface area contributed by atoms with Gasteiger partial charge in [0.1, 0.15) is 11.4 Å². The summed E-state index contributed by atoms with van der Waals surface area (Å²) in [6.45, 7) is 7.75. The van der Waals surface area contributed by atoms with Gasteiger partial charge in [0.2, 0.25) is 0 Å². The number of furan rings is 1. The molecule has 124 valence electrons. The molecule has 1 aliphatic carbocycles. The Morgan fingerprint density at radius 1 is 1.27 bits per heavy atom. The predicted molar refractivity (Wildman–Crippen MR) is 85.7 cm³/mol. The number of carbonyl (C=O) groups is 1. The van der Waals surface area contributed by atoms with E-state index in [2.05, 4.69) is 17.6 Å². The minimum atomic E-state index is -0.443. The third-order valence-electron chi connectivity index (χ3n) is 3.90. The summed E-state index contributed by atoms with van der Waals surface area (Å²) < 4.78 is 10.7. The highest BCUT2D eigenvalue weighted by Crippen LogP contribution is 2.22. The van der Waals surface area contributed by atoms with Gasteiger partial charge < -0.3 is 19.8 Å². The summed E-state index contributed by atoms with van der Waals surface area (Å²) in [6.07, 6.45) is 5.43. The number of rotatable bonds is 4. The monoisotopic (exact) mass is 308 g/mol.